The van der Waals surface area contributed by atoms with Crippen molar-refractivity contribution in [1.82, 2.24) is 0 Å². The molecule has 8 heavy (non-hydrogen) atoms. The van der Waals surface area contributed by atoms with Crippen LogP contribution in [0.5, 0.6) is 0 Å². The van der Waals surface area contributed by atoms with E-state index >= 15 is 0 Å². The van der Waals surface area contributed by atoms with E-state index in [-0.39, 0.29) is 0 Å². The zero-order chi connectivity index (χ0) is 6.41. The molecular formula is C6H7ClTi. The summed E-state index contributed by atoms with van der Waals surface area (Å²) in [5.74, 6) is 0. The quantitative estimate of drug-likeness (QED) is 0.480. The number of hydrogen-bond donors (Lipinski definition) is 0. The summed E-state index contributed by atoms with van der Waals surface area (Å²) in [5, 5.41) is 0. The molecule has 2 heteroatoms. The fraction of sp³-hybridized carbons (Fsp3) is 0.167. The van der Waals surface area contributed by atoms with Crippen LogP contribution in [0.1, 0.15) is 6.92 Å². The van der Waals surface area contributed by atoms with Gasteiger partial charge < -0.3 is 0 Å². The van der Waals surface area contributed by atoms with Gasteiger partial charge in [0.2, 0.25) is 0 Å². The predicted molar refractivity (Wildman–Crippen MR) is 33.0 cm³/mol. The Morgan fingerprint density at radius 1 is 1.50 bits per heavy atom. The summed E-state index contributed by atoms with van der Waals surface area (Å²) < 4.78 is 0. The van der Waals surface area contributed by atoms with Crippen molar-refractivity contribution in [1.29, 1.82) is 0 Å². The van der Waals surface area contributed by atoms with Crippen LogP contribution in [0.3, 0.4) is 0 Å². The second-order valence-corrected chi connectivity index (χ2v) is 1.46. The van der Waals surface area contributed by atoms with Gasteiger partial charge in [0.25, 0.3) is 0 Å². The second kappa shape index (κ2) is 5.62. The SMILES string of the molecule is CC1=C[CH]C=C1.[Cl][Ti]. The number of halogens is 1. The third-order valence-corrected chi connectivity index (χ3v) is 0.829. The Balaban J connectivity index is 0.000000222. The Morgan fingerprint density at radius 3 is 2.25 bits per heavy atom. The first-order chi connectivity index (χ1) is 3.89. The minimum atomic E-state index is 1.34. The van der Waals surface area contributed by atoms with Gasteiger partial charge in [0.1, 0.15) is 0 Å². The van der Waals surface area contributed by atoms with Crippen LogP contribution in [-0.2, 0) is 19.4 Å². The standard InChI is InChI=1S/C6H7.ClH.Ti/c1-6-4-2-3-5-6;;/h2-5H,1H3;1H;/q;;+1/p-1. The molecule has 0 nitrogen and oxygen atoms in total. The van der Waals surface area contributed by atoms with Gasteiger partial charge in [-0.05, 0) is 6.92 Å². The third kappa shape index (κ3) is 3.48. The summed E-state index contributed by atoms with van der Waals surface area (Å²) in [7, 11) is 4.64. The van der Waals surface area contributed by atoms with Crippen molar-refractivity contribution in [3.63, 3.8) is 0 Å². The van der Waals surface area contributed by atoms with Crippen LogP contribution in [0.2, 0.25) is 0 Å². The van der Waals surface area contributed by atoms with Crippen molar-refractivity contribution in [3.8, 4) is 0 Å². The van der Waals surface area contributed by atoms with E-state index in [4.69, 9.17) is 0 Å². The van der Waals surface area contributed by atoms with Crippen molar-refractivity contribution in [2.24, 2.45) is 0 Å². The van der Waals surface area contributed by atoms with Crippen molar-refractivity contribution >= 4 is 9.30 Å². The normalized spacial score (nSPS) is 14.4. The fourth-order valence-corrected chi connectivity index (χ4v) is 0.470. The Labute approximate surface area is 65.9 Å². The molecule has 0 saturated heterocycles. The summed E-state index contributed by atoms with van der Waals surface area (Å²) in [5.41, 5.74) is 1.34. The maximum atomic E-state index is 4.64. The van der Waals surface area contributed by atoms with Crippen LogP contribution in [0.4, 0.5) is 0 Å². The van der Waals surface area contributed by atoms with Gasteiger partial charge in [0.15, 0.2) is 0 Å². The fourth-order valence-electron chi connectivity index (χ4n) is 0.470. The zero-order valence-electron chi connectivity index (χ0n) is 4.69. The molecule has 0 atom stereocenters. The molecule has 0 fully saturated rings. The first-order valence-corrected chi connectivity index (χ1v) is 4.41. The van der Waals surface area contributed by atoms with Crippen LogP contribution in [0.25, 0.3) is 0 Å². The Bertz CT molecular complexity index is 102. The van der Waals surface area contributed by atoms with E-state index in [9.17, 15) is 0 Å². The van der Waals surface area contributed by atoms with Crippen LogP contribution in [0.15, 0.2) is 23.8 Å². The topological polar surface area (TPSA) is 0 Å². The molecule has 0 amide bonds. The molecule has 1 aliphatic rings. The summed E-state index contributed by atoms with van der Waals surface area (Å²) in [4.78, 5) is 0. The van der Waals surface area contributed by atoms with Gasteiger partial charge in [-0.3, -0.25) is 0 Å². The summed E-state index contributed by atoms with van der Waals surface area (Å²) in [6.45, 7) is 2.08. The van der Waals surface area contributed by atoms with Gasteiger partial charge in [-0.1, -0.05) is 23.8 Å². The maximum absolute atomic E-state index is 4.64. The van der Waals surface area contributed by atoms with E-state index < -0.39 is 0 Å². The molecule has 42 valence electrons. The van der Waals surface area contributed by atoms with Crippen molar-refractivity contribution in [2.75, 3.05) is 0 Å². The molecular weight excluding hydrogens is 155 g/mol. The van der Waals surface area contributed by atoms with Crippen LogP contribution < -0.4 is 0 Å². The van der Waals surface area contributed by atoms with Crippen molar-refractivity contribution in [3.05, 3.63) is 30.2 Å². The average Bonchev–Trinajstić information content (AvgIpc) is 2.24. The third-order valence-electron chi connectivity index (χ3n) is 0.829. The molecule has 0 saturated carbocycles. The van der Waals surface area contributed by atoms with Crippen LogP contribution >= 0.6 is 9.30 Å². The molecule has 0 bridgehead atoms. The first kappa shape index (κ1) is 8.48. The van der Waals surface area contributed by atoms with E-state index in [1.54, 1.807) is 0 Å². The van der Waals surface area contributed by atoms with E-state index in [1.807, 2.05) is 12.5 Å². The van der Waals surface area contributed by atoms with E-state index in [0.29, 0.717) is 0 Å². The Kier molecular flexibility index (Phi) is 5.96. The van der Waals surface area contributed by atoms with Gasteiger partial charge in [0.05, 0.1) is 0 Å². The monoisotopic (exact) mass is 162 g/mol. The molecule has 0 heterocycles. The van der Waals surface area contributed by atoms with Gasteiger partial charge in [0, 0.05) is 6.42 Å². The van der Waals surface area contributed by atoms with Crippen molar-refractivity contribution < 1.29 is 19.4 Å². The number of allylic oxidation sites excluding steroid dienone is 4. The molecule has 0 aromatic rings. The molecule has 1 radical (unpaired) electrons. The molecule has 0 aromatic carbocycles. The van der Waals surface area contributed by atoms with Gasteiger partial charge in [-0.15, -0.1) is 0 Å². The summed E-state index contributed by atoms with van der Waals surface area (Å²) in [6.07, 6.45) is 8.24. The van der Waals surface area contributed by atoms with Crippen molar-refractivity contribution in [2.45, 2.75) is 6.92 Å². The van der Waals surface area contributed by atoms with E-state index in [1.165, 1.54) is 24.9 Å². The Hall–Kier alpha value is 0.484. The molecule has 0 aromatic heterocycles. The molecule has 1 rings (SSSR count). The van der Waals surface area contributed by atoms with Gasteiger partial charge in [-0.25, -0.2) is 0 Å². The van der Waals surface area contributed by atoms with E-state index in [0.717, 1.165) is 0 Å². The number of hydrogen-bond acceptors (Lipinski definition) is 0. The summed E-state index contributed by atoms with van der Waals surface area (Å²) in [6, 6.07) is 0. The molecule has 1 aliphatic carbocycles. The summed E-state index contributed by atoms with van der Waals surface area (Å²) >= 11 is 1.47. The molecule has 0 unspecified atom stereocenters. The van der Waals surface area contributed by atoms with Gasteiger partial charge >= 0.3 is 28.7 Å². The molecule has 0 N–H and O–H groups in total. The van der Waals surface area contributed by atoms with Crippen LogP contribution in [-0.4, -0.2) is 0 Å². The average molecular weight is 162 g/mol. The van der Waals surface area contributed by atoms with E-state index in [2.05, 4.69) is 28.4 Å². The molecule has 0 aliphatic heterocycles. The number of rotatable bonds is 0. The van der Waals surface area contributed by atoms with Gasteiger partial charge in [-0.2, -0.15) is 0 Å². The minimum absolute atomic E-state index is 1.34. The van der Waals surface area contributed by atoms with Crippen LogP contribution in [0, 0.1) is 6.42 Å². The molecule has 0 spiro atoms. The zero-order valence-corrected chi connectivity index (χ0v) is 7.00. The second-order valence-electron chi connectivity index (χ2n) is 1.46. The Morgan fingerprint density at radius 2 is 2.12 bits per heavy atom. The first-order valence-electron chi connectivity index (χ1n) is 2.27. The predicted octanol–water partition coefficient (Wildman–Crippen LogP) is 2.39.